The van der Waals surface area contributed by atoms with Crippen LogP contribution in [0.1, 0.15) is 34.6 Å². The topological polar surface area (TPSA) is 36.9 Å². The van der Waals surface area contributed by atoms with Gasteiger partial charge in [-0.05, 0) is 34.6 Å². The summed E-state index contributed by atoms with van der Waals surface area (Å²) in [6.45, 7) is 11.9. The van der Waals surface area contributed by atoms with Crippen LogP contribution in [0.4, 0.5) is 0 Å². The summed E-state index contributed by atoms with van der Waals surface area (Å²) in [5.74, 6) is 1.07. The zero-order chi connectivity index (χ0) is 12.4. The molecular formula is C12H24O4. The molecule has 0 aromatic rings. The highest BCUT2D eigenvalue weighted by molar-refractivity contribution is 5.01. The highest BCUT2D eigenvalue weighted by Gasteiger charge is 2.19. The smallest absolute Gasteiger partial charge is 0.321 e. The third-order valence-corrected chi connectivity index (χ3v) is 1.84. The van der Waals surface area contributed by atoms with Gasteiger partial charge in [-0.3, -0.25) is 0 Å². The van der Waals surface area contributed by atoms with Crippen molar-refractivity contribution in [3.05, 3.63) is 11.7 Å². The lowest BCUT2D eigenvalue weighted by Crippen LogP contribution is -2.18. The standard InChI is InChI=1S/C12H24O4/c1-6-13-10(5)11(14-7-2)12(15-8-3)16-9-4/h10H,6-9H2,1-5H3. The summed E-state index contributed by atoms with van der Waals surface area (Å²) in [4.78, 5) is 0. The van der Waals surface area contributed by atoms with Crippen LogP contribution in [0.25, 0.3) is 0 Å². The predicted octanol–water partition coefficient (Wildman–Crippen LogP) is 2.69. The van der Waals surface area contributed by atoms with Gasteiger partial charge in [0.25, 0.3) is 0 Å². The lowest BCUT2D eigenvalue weighted by molar-refractivity contribution is -0.0114. The molecule has 0 fully saturated rings. The maximum Gasteiger partial charge on any atom is 0.321 e. The van der Waals surface area contributed by atoms with E-state index >= 15 is 0 Å². The van der Waals surface area contributed by atoms with Gasteiger partial charge in [-0.15, -0.1) is 0 Å². The van der Waals surface area contributed by atoms with Crippen LogP contribution in [0.3, 0.4) is 0 Å². The van der Waals surface area contributed by atoms with Gasteiger partial charge in [-0.25, -0.2) is 0 Å². The predicted molar refractivity (Wildman–Crippen MR) is 63.0 cm³/mol. The van der Waals surface area contributed by atoms with Crippen LogP contribution in [0.2, 0.25) is 0 Å². The molecule has 0 aromatic heterocycles. The van der Waals surface area contributed by atoms with Crippen LogP contribution in [0.5, 0.6) is 0 Å². The van der Waals surface area contributed by atoms with Gasteiger partial charge >= 0.3 is 5.95 Å². The van der Waals surface area contributed by atoms with Crippen molar-refractivity contribution in [3.8, 4) is 0 Å². The number of hydrogen-bond acceptors (Lipinski definition) is 4. The van der Waals surface area contributed by atoms with E-state index < -0.39 is 0 Å². The quantitative estimate of drug-likeness (QED) is 0.573. The first-order chi connectivity index (χ1) is 7.71. The highest BCUT2D eigenvalue weighted by Crippen LogP contribution is 2.16. The molecule has 4 nitrogen and oxygen atoms in total. The molecule has 0 saturated heterocycles. The van der Waals surface area contributed by atoms with E-state index in [0.717, 1.165) is 0 Å². The minimum Gasteiger partial charge on any atom is -0.489 e. The van der Waals surface area contributed by atoms with E-state index in [0.29, 0.717) is 38.1 Å². The monoisotopic (exact) mass is 232 g/mol. The average molecular weight is 232 g/mol. The molecule has 0 rings (SSSR count). The molecular weight excluding hydrogens is 208 g/mol. The zero-order valence-electron chi connectivity index (χ0n) is 11.0. The average Bonchev–Trinajstić information content (AvgIpc) is 2.26. The third kappa shape index (κ3) is 5.26. The van der Waals surface area contributed by atoms with E-state index in [4.69, 9.17) is 18.9 Å². The lowest BCUT2D eigenvalue weighted by Gasteiger charge is -2.20. The molecule has 0 bridgehead atoms. The second-order valence-corrected chi connectivity index (χ2v) is 3.05. The van der Waals surface area contributed by atoms with Gasteiger partial charge in [-0.1, -0.05) is 0 Å². The van der Waals surface area contributed by atoms with Crippen molar-refractivity contribution < 1.29 is 18.9 Å². The van der Waals surface area contributed by atoms with E-state index in [2.05, 4.69) is 0 Å². The van der Waals surface area contributed by atoms with E-state index in [9.17, 15) is 0 Å². The fourth-order valence-corrected chi connectivity index (χ4v) is 1.27. The third-order valence-electron chi connectivity index (χ3n) is 1.84. The number of rotatable bonds is 9. The summed E-state index contributed by atoms with van der Waals surface area (Å²) in [5, 5.41) is 0. The first-order valence-electron chi connectivity index (χ1n) is 5.95. The lowest BCUT2D eigenvalue weighted by atomic mass is 10.3. The van der Waals surface area contributed by atoms with Crippen molar-refractivity contribution >= 4 is 0 Å². The van der Waals surface area contributed by atoms with Gasteiger partial charge in [0.1, 0.15) is 6.10 Å². The van der Waals surface area contributed by atoms with Crippen molar-refractivity contribution in [2.75, 3.05) is 26.4 Å². The van der Waals surface area contributed by atoms with E-state index in [1.54, 1.807) is 0 Å². The Morgan fingerprint density at radius 3 is 1.69 bits per heavy atom. The molecule has 4 heteroatoms. The number of ether oxygens (including phenoxy) is 4. The fourth-order valence-electron chi connectivity index (χ4n) is 1.27. The minimum absolute atomic E-state index is 0.155. The minimum atomic E-state index is -0.155. The van der Waals surface area contributed by atoms with Crippen LogP contribution >= 0.6 is 0 Å². The van der Waals surface area contributed by atoms with Crippen molar-refractivity contribution in [1.82, 2.24) is 0 Å². The first kappa shape index (κ1) is 15.1. The second-order valence-electron chi connectivity index (χ2n) is 3.05. The Hall–Kier alpha value is -0.900. The molecule has 0 aromatic carbocycles. The van der Waals surface area contributed by atoms with Crippen molar-refractivity contribution in [1.29, 1.82) is 0 Å². The molecule has 96 valence electrons. The summed E-state index contributed by atoms with van der Waals surface area (Å²) in [7, 11) is 0. The van der Waals surface area contributed by atoms with Crippen LogP contribution in [0.15, 0.2) is 11.7 Å². The Morgan fingerprint density at radius 2 is 1.31 bits per heavy atom. The highest BCUT2D eigenvalue weighted by atomic mass is 16.7. The van der Waals surface area contributed by atoms with Gasteiger partial charge in [0.05, 0.1) is 19.8 Å². The molecule has 0 N–H and O–H groups in total. The van der Waals surface area contributed by atoms with Crippen LogP contribution in [0, 0.1) is 0 Å². The fraction of sp³-hybridized carbons (Fsp3) is 0.833. The van der Waals surface area contributed by atoms with Gasteiger partial charge in [-0.2, -0.15) is 0 Å². The van der Waals surface area contributed by atoms with Gasteiger partial charge in [0.2, 0.25) is 5.76 Å². The van der Waals surface area contributed by atoms with E-state index in [1.165, 1.54) is 0 Å². The van der Waals surface area contributed by atoms with E-state index in [1.807, 2.05) is 34.6 Å². The maximum absolute atomic E-state index is 5.53. The molecule has 0 aliphatic carbocycles. The van der Waals surface area contributed by atoms with Crippen LogP contribution in [-0.4, -0.2) is 32.5 Å². The number of hydrogen-bond donors (Lipinski definition) is 0. The zero-order valence-corrected chi connectivity index (χ0v) is 11.0. The summed E-state index contributed by atoms with van der Waals surface area (Å²) in [5.41, 5.74) is 0. The van der Waals surface area contributed by atoms with Crippen molar-refractivity contribution in [2.24, 2.45) is 0 Å². The second kappa shape index (κ2) is 9.33. The molecule has 0 aliphatic rings. The van der Waals surface area contributed by atoms with E-state index in [-0.39, 0.29) is 6.10 Å². The summed E-state index contributed by atoms with van der Waals surface area (Å²) < 4.78 is 21.8. The Bertz CT molecular complexity index is 193. The largest absolute Gasteiger partial charge is 0.489 e. The molecule has 16 heavy (non-hydrogen) atoms. The Balaban J connectivity index is 4.79. The summed E-state index contributed by atoms with van der Waals surface area (Å²) in [6, 6.07) is 0. The molecule has 0 spiro atoms. The van der Waals surface area contributed by atoms with Gasteiger partial charge in [0.15, 0.2) is 0 Å². The van der Waals surface area contributed by atoms with Gasteiger partial charge in [0, 0.05) is 6.61 Å². The molecule has 0 heterocycles. The van der Waals surface area contributed by atoms with Crippen LogP contribution < -0.4 is 0 Å². The van der Waals surface area contributed by atoms with Gasteiger partial charge < -0.3 is 18.9 Å². The van der Waals surface area contributed by atoms with Crippen molar-refractivity contribution in [2.45, 2.75) is 40.7 Å². The SMILES string of the molecule is CCOC(OCC)=C(OCC)C(C)OCC. The first-order valence-corrected chi connectivity index (χ1v) is 5.95. The molecule has 0 aliphatic heterocycles. The Labute approximate surface area is 98.5 Å². The van der Waals surface area contributed by atoms with Crippen LogP contribution in [-0.2, 0) is 18.9 Å². The molecule has 1 atom stereocenters. The normalized spacial score (nSPS) is 11.8. The molecule has 1 unspecified atom stereocenters. The molecule has 0 radical (unpaired) electrons. The Morgan fingerprint density at radius 1 is 0.812 bits per heavy atom. The van der Waals surface area contributed by atoms with Crippen molar-refractivity contribution in [3.63, 3.8) is 0 Å². The Kier molecular flexibility index (Phi) is 8.81. The molecule has 0 saturated carbocycles. The summed E-state index contributed by atoms with van der Waals surface area (Å²) in [6.07, 6.45) is -0.155. The maximum atomic E-state index is 5.53. The summed E-state index contributed by atoms with van der Waals surface area (Å²) >= 11 is 0. The molecule has 0 amide bonds.